The summed E-state index contributed by atoms with van der Waals surface area (Å²) in [6, 6.07) is -0.387. The molecule has 18 heavy (non-hydrogen) atoms. The highest BCUT2D eigenvalue weighted by Gasteiger charge is 2.19. The van der Waals surface area contributed by atoms with E-state index in [0.29, 0.717) is 11.6 Å². The zero-order valence-electron chi connectivity index (χ0n) is 11.4. The Kier molecular flexibility index (Phi) is 5.82. The van der Waals surface area contributed by atoms with E-state index in [9.17, 15) is 4.79 Å². The van der Waals surface area contributed by atoms with Crippen molar-refractivity contribution in [2.45, 2.75) is 59.0 Å². The molecule has 1 aromatic rings. The van der Waals surface area contributed by atoms with Crippen molar-refractivity contribution in [1.29, 1.82) is 0 Å². The Balaban J connectivity index is 2.75. The highest BCUT2D eigenvalue weighted by atomic mass is 35.5. The SMILES string of the molecule is CCCCC(N)C(=O)Cc1c(Cl)c(C)nn1CC. The molecule has 0 spiro atoms. The van der Waals surface area contributed by atoms with Crippen LogP contribution in [0.1, 0.15) is 44.5 Å². The number of ketones is 1. The minimum atomic E-state index is -0.387. The van der Waals surface area contributed by atoms with E-state index in [2.05, 4.69) is 12.0 Å². The Morgan fingerprint density at radius 2 is 2.17 bits per heavy atom. The fourth-order valence-corrected chi connectivity index (χ4v) is 2.12. The molecule has 1 rings (SSSR count). The summed E-state index contributed by atoms with van der Waals surface area (Å²) in [5.74, 6) is 0.0416. The van der Waals surface area contributed by atoms with Crippen LogP contribution in [0.15, 0.2) is 0 Å². The van der Waals surface area contributed by atoms with Crippen LogP contribution in [0.3, 0.4) is 0 Å². The van der Waals surface area contributed by atoms with Gasteiger partial charge in [-0.05, 0) is 20.3 Å². The summed E-state index contributed by atoms with van der Waals surface area (Å²) in [5, 5.41) is 4.89. The van der Waals surface area contributed by atoms with Crippen LogP contribution in [-0.4, -0.2) is 21.6 Å². The maximum absolute atomic E-state index is 12.0. The van der Waals surface area contributed by atoms with Gasteiger partial charge in [0, 0.05) is 6.54 Å². The van der Waals surface area contributed by atoms with Gasteiger partial charge < -0.3 is 5.73 Å². The number of aromatic nitrogens is 2. The molecule has 1 heterocycles. The average molecular weight is 272 g/mol. The van der Waals surface area contributed by atoms with Crippen LogP contribution >= 0.6 is 11.6 Å². The number of hydrogen-bond acceptors (Lipinski definition) is 3. The van der Waals surface area contributed by atoms with Crippen molar-refractivity contribution in [1.82, 2.24) is 9.78 Å². The third kappa shape index (κ3) is 3.56. The quantitative estimate of drug-likeness (QED) is 0.829. The average Bonchev–Trinajstić information content (AvgIpc) is 2.63. The van der Waals surface area contributed by atoms with Gasteiger partial charge in [-0.1, -0.05) is 31.4 Å². The predicted molar refractivity (Wildman–Crippen MR) is 73.9 cm³/mol. The summed E-state index contributed by atoms with van der Waals surface area (Å²) in [6.07, 6.45) is 3.05. The molecule has 0 aliphatic carbocycles. The number of aryl methyl sites for hydroxylation is 2. The lowest BCUT2D eigenvalue weighted by atomic mass is 10.0. The molecule has 2 N–H and O–H groups in total. The highest BCUT2D eigenvalue weighted by molar-refractivity contribution is 6.32. The zero-order valence-corrected chi connectivity index (χ0v) is 12.1. The van der Waals surface area contributed by atoms with Gasteiger partial charge in [-0.25, -0.2) is 0 Å². The van der Waals surface area contributed by atoms with E-state index in [1.807, 2.05) is 13.8 Å². The molecule has 0 aromatic carbocycles. The van der Waals surface area contributed by atoms with E-state index in [0.717, 1.165) is 30.7 Å². The van der Waals surface area contributed by atoms with E-state index in [4.69, 9.17) is 17.3 Å². The van der Waals surface area contributed by atoms with Crippen LogP contribution in [0.25, 0.3) is 0 Å². The first-order valence-corrected chi connectivity index (χ1v) is 6.89. The second kappa shape index (κ2) is 6.90. The summed E-state index contributed by atoms with van der Waals surface area (Å²) in [7, 11) is 0. The highest BCUT2D eigenvalue weighted by Crippen LogP contribution is 2.21. The molecule has 4 nitrogen and oxygen atoms in total. The van der Waals surface area contributed by atoms with Gasteiger partial charge in [0.15, 0.2) is 5.78 Å². The number of rotatable bonds is 7. The molecular formula is C13H22ClN3O. The summed E-state index contributed by atoms with van der Waals surface area (Å²) >= 11 is 6.17. The van der Waals surface area contributed by atoms with Crippen molar-refractivity contribution in [3.8, 4) is 0 Å². The number of carbonyl (C=O) groups excluding carboxylic acids is 1. The molecule has 0 bridgehead atoms. The summed E-state index contributed by atoms with van der Waals surface area (Å²) in [4.78, 5) is 12.0. The Morgan fingerprint density at radius 3 is 2.72 bits per heavy atom. The Bertz CT molecular complexity index is 415. The fraction of sp³-hybridized carbons (Fsp3) is 0.692. The molecule has 1 unspecified atom stereocenters. The Labute approximate surface area is 113 Å². The van der Waals surface area contributed by atoms with Crippen molar-refractivity contribution in [3.05, 3.63) is 16.4 Å². The number of unbranched alkanes of at least 4 members (excludes halogenated alkanes) is 1. The van der Waals surface area contributed by atoms with Crippen LogP contribution in [-0.2, 0) is 17.8 Å². The van der Waals surface area contributed by atoms with Gasteiger partial charge in [0.1, 0.15) is 0 Å². The van der Waals surface area contributed by atoms with Crippen LogP contribution < -0.4 is 5.73 Å². The van der Waals surface area contributed by atoms with Crippen molar-refractivity contribution in [2.24, 2.45) is 5.73 Å². The van der Waals surface area contributed by atoms with Gasteiger partial charge in [-0.3, -0.25) is 9.48 Å². The third-order valence-corrected chi connectivity index (χ3v) is 3.57. The minimum absolute atomic E-state index is 0.0416. The van der Waals surface area contributed by atoms with Crippen LogP contribution in [0.5, 0.6) is 0 Å². The van der Waals surface area contributed by atoms with E-state index in [1.165, 1.54) is 0 Å². The first kappa shape index (κ1) is 15.2. The molecule has 0 amide bonds. The molecule has 1 atom stereocenters. The lowest BCUT2D eigenvalue weighted by molar-refractivity contribution is -0.119. The molecule has 0 saturated carbocycles. The minimum Gasteiger partial charge on any atom is -0.321 e. The van der Waals surface area contributed by atoms with Crippen molar-refractivity contribution < 1.29 is 4.79 Å². The first-order valence-electron chi connectivity index (χ1n) is 6.51. The molecule has 102 valence electrons. The molecule has 0 radical (unpaired) electrons. The monoisotopic (exact) mass is 271 g/mol. The lowest BCUT2D eigenvalue weighted by Crippen LogP contribution is -2.32. The van der Waals surface area contributed by atoms with E-state index >= 15 is 0 Å². The fourth-order valence-electron chi connectivity index (χ4n) is 1.92. The molecule has 0 saturated heterocycles. The second-order valence-electron chi connectivity index (χ2n) is 4.55. The maximum atomic E-state index is 12.0. The van der Waals surface area contributed by atoms with E-state index < -0.39 is 0 Å². The summed E-state index contributed by atoms with van der Waals surface area (Å²) in [6.45, 7) is 6.62. The first-order chi connectivity index (χ1) is 8.51. The zero-order chi connectivity index (χ0) is 13.7. The van der Waals surface area contributed by atoms with Gasteiger partial charge in [0.25, 0.3) is 0 Å². The smallest absolute Gasteiger partial charge is 0.155 e. The van der Waals surface area contributed by atoms with Crippen LogP contribution in [0.4, 0.5) is 0 Å². The van der Waals surface area contributed by atoms with Gasteiger partial charge in [0.2, 0.25) is 0 Å². The molecular weight excluding hydrogens is 250 g/mol. The molecule has 0 aliphatic rings. The van der Waals surface area contributed by atoms with Gasteiger partial charge >= 0.3 is 0 Å². The molecule has 0 fully saturated rings. The Morgan fingerprint density at radius 1 is 1.50 bits per heavy atom. The number of halogens is 1. The lowest BCUT2D eigenvalue weighted by Gasteiger charge is -2.11. The van der Waals surface area contributed by atoms with Gasteiger partial charge in [-0.2, -0.15) is 5.10 Å². The number of Topliss-reactive ketones (excluding diaryl/α,β-unsaturated/α-hetero) is 1. The molecule has 5 heteroatoms. The number of nitrogens with two attached hydrogens (primary N) is 1. The van der Waals surface area contributed by atoms with Crippen LogP contribution in [0, 0.1) is 6.92 Å². The number of hydrogen-bond donors (Lipinski definition) is 1. The largest absolute Gasteiger partial charge is 0.321 e. The van der Waals surface area contributed by atoms with Crippen molar-refractivity contribution in [3.63, 3.8) is 0 Å². The van der Waals surface area contributed by atoms with E-state index in [1.54, 1.807) is 4.68 Å². The third-order valence-electron chi connectivity index (χ3n) is 3.08. The molecule has 0 aliphatic heterocycles. The number of carbonyl (C=O) groups is 1. The van der Waals surface area contributed by atoms with E-state index in [-0.39, 0.29) is 18.2 Å². The number of nitrogens with zero attached hydrogens (tertiary/aromatic N) is 2. The van der Waals surface area contributed by atoms with Crippen molar-refractivity contribution >= 4 is 17.4 Å². The maximum Gasteiger partial charge on any atom is 0.155 e. The topological polar surface area (TPSA) is 60.9 Å². The standard InChI is InChI=1S/C13H22ClN3O/c1-4-6-7-10(15)12(18)8-11-13(14)9(3)16-17(11)5-2/h10H,4-8,15H2,1-3H3. The summed E-state index contributed by atoms with van der Waals surface area (Å²) < 4.78 is 1.78. The van der Waals surface area contributed by atoms with Gasteiger partial charge in [0.05, 0.1) is 28.9 Å². The Hall–Kier alpha value is -0.870. The van der Waals surface area contributed by atoms with Gasteiger partial charge in [-0.15, -0.1) is 0 Å². The second-order valence-corrected chi connectivity index (χ2v) is 4.93. The summed E-state index contributed by atoms with van der Waals surface area (Å²) in [5.41, 5.74) is 7.43. The predicted octanol–water partition coefficient (Wildman–Crippen LogP) is 2.49. The van der Waals surface area contributed by atoms with Crippen LogP contribution in [0.2, 0.25) is 5.02 Å². The normalized spacial score (nSPS) is 12.7. The van der Waals surface area contributed by atoms with Crippen molar-refractivity contribution in [2.75, 3.05) is 0 Å². The molecule has 1 aromatic heterocycles.